The third kappa shape index (κ3) is 2.81. The van der Waals surface area contributed by atoms with Crippen LogP contribution in [0, 0.1) is 0 Å². The van der Waals surface area contributed by atoms with E-state index < -0.39 is 11.7 Å². The van der Waals surface area contributed by atoms with E-state index in [0.717, 1.165) is 43.8 Å². The number of nitrogens with zero attached hydrogens (tertiary/aromatic N) is 1. The smallest absolute Gasteiger partial charge is 0.371 e. The third-order valence-electron chi connectivity index (χ3n) is 3.03. The van der Waals surface area contributed by atoms with Crippen LogP contribution >= 0.6 is 0 Å². The zero-order valence-corrected chi connectivity index (χ0v) is 9.43. The molecule has 0 aromatic heterocycles. The minimum Gasteiger partial charge on any atom is -0.371 e. The van der Waals surface area contributed by atoms with E-state index in [0.29, 0.717) is 0 Å². The molecule has 0 atom stereocenters. The van der Waals surface area contributed by atoms with Crippen molar-refractivity contribution < 1.29 is 13.2 Å². The van der Waals surface area contributed by atoms with Gasteiger partial charge in [0.1, 0.15) is 0 Å². The van der Waals surface area contributed by atoms with Gasteiger partial charge in [-0.05, 0) is 37.1 Å². The van der Waals surface area contributed by atoms with E-state index >= 15 is 0 Å². The molecule has 0 bridgehead atoms. The average Bonchev–Trinajstić information content (AvgIpc) is 2.29. The number of hydrogen-bond donors (Lipinski definition) is 0. The highest BCUT2D eigenvalue weighted by molar-refractivity contribution is 5.49. The molecule has 0 N–H and O–H groups in total. The molecule has 0 amide bonds. The standard InChI is InChI=1S/C13H14F3N/c1-10-6-8-17(9-7-10)12-4-2-11(3-5-12)13(14,15)16/h2-5H,1,6-9H2. The Balaban J connectivity index is 2.10. The second kappa shape index (κ2) is 4.43. The summed E-state index contributed by atoms with van der Waals surface area (Å²) in [6.45, 7) is 5.59. The van der Waals surface area contributed by atoms with Gasteiger partial charge in [-0.15, -0.1) is 0 Å². The summed E-state index contributed by atoms with van der Waals surface area (Å²) in [6, 6.07) is 5.35. The van der Waals surface area contributed by atoms with Gasteiger partial charge in [-0.25, -0.2) is 0 Å². The molecule has 1 aromatic rings. The molecule has 1 saturated heterocycles. The highest BCUT2D eigenvalue weighted by Gasteiger charge is 2.30. The lowest BCUT2D eigenvalue weighted by Gasteiger charge is -2.30. The van der Waals surface area contributed by atoms with E-state index in [2.05, 4.69) is 11.5 Å². The Morgan fingerprint density at radius 3 is 2.00 bits per heavy atom. The van der Waals surface area contributed by atoms with Crippen molar-refractivity contribution in [3.05, 3.63) is 42.0 Å². The molecule has 2 rings (SSSR count). The molecule has 1 nitrogen and oxygen atoms in total. The van der Waals surface area contributed by atoms with Crippen molar-refractivity contribution in [2.75, 3.05) is 18.0 Å². The summed E-state index contributed by atoms with van der Waals surface area (Å²) >= 11 is 0. The fourth-order valence-corrected chi connectivity index (χ4v) is 1.94. The maximum absolute atomic E-state index is 12.4. The average molecular weight is 241 g/mol. The monoisotopic (exact) mass is 241 g/mol. The summed E-state index contributed by atoms with van der Waals surface area (Å²) in [6.07, 6.45) is -2.42. The van der Waals surface area contributed by atoms with E-state index in [1.54, 1.807) is 0 Å². The van der Waals surface area contributed by atoms with Crippen molar-refractivity contribution >= 4 is 5.69 Å². The van der Waals surface area contributed by atoms with Crippen molar-refractivity contribution in [2.24, 2.45) is 0 Å². The van der Waals surface area contributed by atoms with Crippen LogP contribution in [0.5, 0.6) is 0 Å². The van der Waals surface area contributed by atoms with Crippen LogP contribution in [0.3, 0.4) is 0 Å². The predicted octanol–water partition coefficient (Wildman–Crippen LogP) is 3.86. The molecule has 0 unspecified atom stereocenters. The maximum atomic E-state index is 12.4. The number of anilines is 1. The van der Waals surface area contributed by atoms with Crippen molar-refractivity contribution in [3.8, 4) is 0 Å². The van der Waals surface area contributed by atoms with Crippen LogP contribution in [0.25, 0.3) is 0 Å². The predicted molar refractivity (Wildman–Crippen MR) is 62.0 cm³/mol. The van der Waals surface area contributed by atoms with Gasteiger partial charge in [0.05, 0.1) is 5.56 Å². The number of benzene rings is 1. The van der Waals surface area contributed by atoms with Gasteiger partial charge in [-0.3, -0.25) is 0 Å². The van der Waals surface area contributed by atoms with Gasteiger partial charge in [0.2, 0.25) is 0 Å². The van der Waals surface area contributed by atoms with E-state index in [9.17, 15) is 13.2 Å². The summed E-state index contributed by atoms with van der Waals surface area (Å²) < 4.78 is 37.2. The van der Waals surface area contributed by atoms with Crippen molar-refractivity contribution in [2.45, 2.75) is 19.0 Å². The number of halogens is 3. The molecular weight excluding hydrogens is 227 g/mol. The van der Waals surface area contributed by atoms with Gasteiger partial charge in [0.25, 0.3) is 0 Å². The Morgan fingerprint density at radius 1 is 1.00 bits per heavy atom. The molecule has 4 heteroatoms. The topological polar surface area (TPSA) is 3.24 Å². The number of rotatable bonds is 1. The minimum atomic E-state index is -4.26. The SMILES string of the molecule is C=C1CCN(c2ccc(C(F)(F)F)cc2)CC1. The first kappa shape index (κ1) is 12.0. The first-order chi connectivity index (χ1) is 7.97. The van der Waals surface area contributed by atoms with Gasteiger partial charge in [-0.2, -0.15) is 13.2 Å². The van der Waals surface area contributed by atoms with Crippen LogP contribution in [0.1, 0.15) is 18.4 Å². The summed E-state index contributed by atoms with van der Waals surface area (Å²) in [5.41, 5.74) is 1.47. The lowest BCUT2D eigenvalue weighted by molar-refractivity contribution is -0.137. The van der Waals surface area contributed by atoms with Gasteiger partial charge < -0.3 is 4.90 Å². The summed E-state index contributed by atoms with van der Waals surface area (Å²) in [5, 5.41) is 0. The molecule has 0 saturated carbocycles. The lowest BCUT2D eigenvalue weighted by atomic mass is 10.1. The Labute approximate surface area is 98.5 Å². The summed E-state index contributed by atoms with van der Waals surface area (Å²) in [4.78, 5) is 2.09. The highest BCUT2D eigenvalue weighted by Crippen LogP contribution is 2.31. The molecule has 0 spiro atoms. The van der Waals surface area contributed by atoms with Crippen LogP contribution in [-0.2, 0) is 6.18 Å². The zero-order chi connectivity index (χ0) is 12.5. The van der Waals surface area contributed by atoms with Crippen molar-refractivity contribution in [3.63, 3.8) is 0 Å². The molecule has 1 aliphatic heterocycles. The summed E-state index contributed by atoms with van der Waals surface area (Å²) in [7, 11) is 0. The van der Waals surface area contributed by atoms with Crippen LogP contribution in [0.15, 0.2) is 36.4 Å². The first-order valence-corrected chi connectivity index (χ1v) is 5.56. The van der Waals surface area contributed by atoms with Gasteiger partial charge in [0.15, 0.2) is 0 Å². The fourth-order valence-electron chi connectivity index (χ4n) is 1.94. The molecule has 1 aliphatic rings. The molecule has 0 radical (unpaired) electrons. The molecule has 1 fully saturated rings. The van der Waals surface area contributed by atoms with Gasteiger partial charge >= 0.3 is 6.18 Å². The maximum Gasteiger partial charge on any atom is 0.416 e. The molecular formula is C13H14F3N. The van der Waals surface area contributed by atoms with Crippen molar-refractivity contribution in [1.29, 1.82) is 0 Å². The zero-order valence-electron chi connectivity index (χ0n) is 9.43. The molecule has 17 heavy (non-hydrogen) atoms. The fraction of sp³-hybridized carbons (Fsp3) is 0.385. The van der Waals surface area contributed by atoms with E-state index in [-0.39, 0.29) is 0 Å². The lowest BCUT2D eigenvalue weighted by Crippen LogP contribution is -2.30. The molecule has 92 valence electrons. The second-order valence-electron chi connectivity index (χ2n) is 4.28. The Morgan fingerprint density at radius 2 is 1.53 bits per heavy atom. The van der Waals surface area contributed by atoms with E-state index in [1.807, 2.05) is 0 Å². The number of alkyl halides is 3. The third-order valence-corrected chi connectivity index (χ3v) is 3.03. The van der Waals surface area contributed by atoms with Gasteiger partial charge in [-0.1, -0.05) is 12.2 Å². The van der Waals surface area contributed by atoms with E-state index in [1.165, 1.54) is 17.7 Å². The van der Waals surface area contributed by atoms with Gasteiger partial charge in [0, 0.05) is 18.8 Å². The molecule has 0 aliphatic carbocycles. The Bertz CT molecular complexity index is 396. The van der Waals surface area contributed by atoms with Crippen LogP contribution in [0.4, 0.5) is 18.9 Å². The Hall–Kier alpha value is -1.45. The van der Waals surface area contributed by atoms with Crippen LogP contribution in [-0.4, -0.2) is 13.1 Å². The second-order valence-corrected chi connectivity index (χ2v) is 4.28. The quantitative estimate of drug-likeness (QED) is 0.675. The minimum absolute atomic E-state index is 0.595. The van der Waals surface area contributed by atoms with Crippen molar-refractivity contribution in [1.82, 2.24) is 0 Å². The van der Waals surface area contributed by atoms with E-state index in [4.69, 9.17) is 0 Å². The number of hydrogen-bond acceptors (Lipinski definition) is 1. The number of piperidine rings is 1. The molecule has 1 aromatic carbocycles. The molecule has 1 heterocycles. The van der Waals surface area contributed by atoms with Crippen LogP contribution in [0.2, 0.25) is 0 Å². The van der Waals surface area contributed by atoms with Crippen LogP contribution < -0.4 is 4.90 Å². The summed E-state index contributed by atoms with van der Waals surface area (Å²) in [5.74, 6) is 0. The Kier molecular flexibility index (Phi) is 3.13. The highest BCUT2D eigenvalue weighted by atomic mass is 19.4. The first-order valence-electron chi connectivity index (χ1n) is 5.56. The largest absolute Gasteiger partial charge is 0.416 e. The normalized spacial score (nSPS) is 17.4.